The maximum Gasteiger partial charge on any atom is 0.302 e. The van der Waals surface area contributed by atoms with Gasteiger partial charge in [0.25, 0.3) is 0 Å². The van der Waals surface area contributed by atoms with E-state index >= 15 is 0 Å². The van der Waals surface area contributed by atoms with E-state index in [0.717, 1.165) is 6.92 Å². The molecule has 0 amide bonds. The number of methoxy groups -OCH3 is 1. The van der Waals surface area contributed by atoms with E-state index in [4.69, 9.17) is 28.4 Å². The van der Waals surface area contributed by atoms with Crippen molar-refractivity contribution in [1.82, 2.24) is 0 Å². The fourth-order valence-electron chi connectivity index (χ4n) is 5.60. The Morgan fingerprint density at radius 2 is 1.58 bits per heavy atom. The number of hydrogen-bond acceptors (Lipinski definition) is 15. The highest BCUT2D eigenvalue weighted by Gasteiger charge is 2.51. The smallest absolute Gasteiger partial charge is 0.302 e. The standard InChI is InChI=1S/C30H34O15/c1-10-17(8-16-19(27(10)40-4)22(35)14-6-5-13(32)7-15(14)21(16)34)43-30-28(25(38)23(36)18(44-30)9-41-12(3)31)45-29-26(39)24(37)20(33)11(2)42-29/h5-8,11,18,20,23-26,28-30,32-33,36-39H,9H2,1-4H3. The topological polar surface area (TPSA) is 228 Å². The Labute approximate surface area is 256 Å². The Hall–Kier alpha value is -3.67. The van der Waals surface area contributed by atoms with Gasteiger partial charge in [-0.1, -0.05) is 0 Å². The van der Waals surface area contributed by atoms with Crippen LogP contribution in [-0.2, 0) is 23.7 Å². The fraction of sp³-hybridized carbons (Fsp3) is 0.500. The zero-order valence-corrected chi connectivity index (χ0v) is 24.6. The number of benzene rings is 2. The molecular weight excluding hydrogens is 600 g/mol. The van der Waals surface area contributed by atoms with Gasteiger partial charge in [0.1, 0.15) is 60.5 Å². The van der Waals surface area contributed by atoms with Crippen molar-refractivity contribution in [2.45, 2.75) is 82.2 Å². The Kier molecular flexibility index (Phi) is 9.17. The molecule has 2 aromatic carbocycles. The third-order valence-corrected chi connectivity index (χ3v) is 8.09. The van der Waals surface area contributed by atoms with Crippen LogP contribution in [0.5, 0.6) is 17.2 Å². The Morgan fingerprint density at radius 3 is 2.24 bits per heavy atom. The molecule has 2 aliphatic heterocycles. The van der Waals surface area contributed by atoms with Crippen LogP contribution in [0.2, 0.25) is 0 Å². The van der Waals surface area contributed by atoms with Crippen molar-refractivity contribution in [2.24, 2.45) is 0 Å². The van der Waals surface area contributed by atoms with Gasteiger partial charge in [0.2, 0.25) is 6.29 Å². The second-order valence-corrected chi connectivity index (χ2v) is 11.1. The average molecular weight is 635 g/mol. The van der Waals surface area contributed by atoms with E-state index < -0.39 is 85.6 Å². The lowest BCUT2D eigenvalue weighted by Crippen LogP contribution is -2.64. The first-order valence-electron chi connectivity index (χ1n) is 14.1. The maximum absolute atomic E-state index is 13.5. The molecular formula is C30H34O15. The van der Waals surface area contributed by atoms with Crippen molar-refractivity contribution >= 4 is 17.5 Å². The number of aliphatic hydroxyl groups is 5. The van der Waals surface area contributed by atoms with Gasteiger partial charge in [-0.2, -0.15) is 0 Å². The van der Waals surface area contributed by atoms with E-state index in [1.807, 2.05) is 0 Å². The molecule has 0 aromatic heterocycles. The summed E-state index contributed by atoms with van der Waals surface area (Å²) in [6.45, 7) is 3.59. The first-order chi connectivity index (χ1) is 21.2. The highest BCUT2D eigenvalue weighted by atomic mass is 16.8. The van der Waals surface area contributed by atoms with Crippen LogP contribution in [0.15, 0.2) is 24.3 Å². The van der Waals surface area contributed by atoms with Gasteiger partial charge >= 0.3 is 5.97 Å². The van der Waals surface area contributed by atoms with Gasteiger partial charge in [0.15, 0.2) is 24.0 Å². The number of ketones is 2. The summed E-state index contributed by atoms with van der Waals surface area (Å²) in [6.07, 6.45) is -15.7. The van der Waals surface area contributed by atoms with Gasteiger partial charge in [-0.25, -0.2) is 0 Å². The zero-order valence-electron chi connectivity index (χ0n) is 24.6. The minimum Gasteiger partial charge on any atom is -0.508 e. The number of aliphatic hydroxyl groups excluding tert-OH is 5. The molecule has 0 spiro atoms. The molecule has 3 aliphatic rings. The lowest BCUT2D eigenvalue weighted by atomic mass is 9.82. The number of ether oxygens (including phenoxy) is 6. The molecule has 244 valence electrons. The van der Waals surface area contributed by atoms with Crippen LogP contribution in [-0.4, -0.2) is 123 Å². The van der Waals surface area contributed by atoms with Gasteiger partial charge in [-0.05, 0) is 38.1 Å². The van der Waals surface area contributed by atoms with E-state index in [9.17, 15) is 45.0 Å². The number of fused-ring (bicyclic) bond motifs is 2. The summed E-state index contributed by atoms with van der Waals surface area (Å²) >= 11 is 0. The number of carbonyl (C=O) groups excluding carboxylic acids is 3. The lowest BCUT2D eigenvalue weighted by molar-refractivity contribution is -0.354. The summed E-state index contributed by atoms with van der Waals surface area (Å²) < 4.78 is 33.8. The SMILES string of the molecule is COc1c(C)c(OC2OC(COC(C)=O)C(O)C(O)C2OC2OC(C)C(O)C(O)C2O)cc2c1C(=O)c1ccc(O)cc1C2=O. The number of rotatable bonds is 7. The summed E-state index contributed by atoms with van der Waals surface area (Å²) in [4.78, 5) is 38.4. The van der Waals surface area contributed by atoms with Crippen LogP contribution in [0, 0.1) is 6.92 Å². The largest absolute Gasteiger partial charge is 0.508 e. The average Bonchev–Trinajstić information content (AvgIpc) is 3.00. The molecule has 2 saturated heterocycles. The predicted molar refractivity (Wildman–Crippen MR) is 148 cm³/mol. The fourth-order valence-corrected chi connectivity index (χ4v) is 5.60. The van der Waals surface area contributed by atoms with Crippen molar-refractivity contribution in [3.05, 3.63) is 52.1 Å². The van der Waals surface area contributed by atoms with Gasteiger partial charge < -0.3 is 59.1 Å². The number of esters is 1. The second-order valence-electron chi connectivity index (χ2n) is 11.1. The third-order valence-electron chi connectivity index (χ3n) is 8.09. The van der Waals surface area contributed by atoms with E-state index in [1.54, 1.807) is 0 Å². The minimum absolute atomic E-state index is 0.00173. The summed E-state index contributed by atoms with van der Waals surface area (Å²) in [5, 5.41) is 62.8. The van der Waals surface area contributed by atoms with Crippen LogP contribution >= 0.6 is 0 Å². The number of phenolic OH excluding ortho intramolecular Hbond substituents is 1. The highest BCUT2D eigenvalue weighted by molar-refractivity contribution is 6.29. The van der Waals surface area contributed by atoms with Crippen molar-refractivity contribution in [1.29, 1.82) is 0 Å². The molecule has 15 nitrogen and oxygen atoms in total. The van der Waals surface area contributed by atoms with Gasteiger partial charge in [0.05, 0.1) is 18.8 Å². The molecule has 2 fully saturated rings. The monoisotopic (exact) mass is 634 g/mol. The first-order valence-corrected chi connectivity index (χ1v) is 14.1. The number of hydrogen-bond donors (Lipinski definition) is 6. The van der Waals surface area contributed by atoms with Gasteiger partial charge in [-0.15, -0.1) is 0 Å². The van der Waals surface area contributed by atoms with E-state index in [1.165, 1.54) is 45.2 Å². The van der Waals surface area contributed by atoms with E-state index in [0.29, 0.717) is 0 Å². The lowest BCUT2D eigenvalue weighted by Gasteiger charge is -2.45. The van der Waals surface area contributed by atoms with E-state index in [2.05, 4.69) is 0 Å². The molecule has 6 N–H and O–H groups in total. The Morgan fingerprint density at radius 1 is 0.867 bits per heavy atom. The molecule has 10 unspecified atom stereocenters. The number of aromatic hydroxyl groups is 1. The van der Waals surface area contributed by atoms with Crippen LogP contribution in [0.25, 0.3) is 0 Å². The molecule has 1 aliphatic carbocycles. The molecule has 2 aromatic rings. The van der Waals surface area contributed by atoms with Crippen molar-refractivity contribution in [2.75, 3.05) is 13.7 Å². The third kappa shape index (κ3) is 5.89. The van der Waals surface area contributed by atoms with Crippen LogP contribution in [0.3, 0.4) is 0 Å². The normalized spacial score (nSPS) is 32.8. The summed E-state index contributed by atoms with van der Waals surface area (Å²) in [5.74, 6) is -2.13. The molecule has 10 atom stereocenters. The summed E-state index contributed by atoms with van der Waals surface area (Å²) in [6, 6.07) is 5.04. The van der Waals surface area contributed by atoms with Gasteiger partial charge in [-0.3, -0.25) is 14.4 Å². The van der Waals surface area contributed by atoms with Crippen LogP contribution in [0.1, 0.15) is 51.3 Å². The Balaban J connectivity index is 1.53. The molecule has 0 radical (unpaired) electrons. The maximum atomic E-state index is 13.5. The predicted octanol–water partition coefficient (Wildman–Crippen LogP) is -0.914. The molecule has 5 rings (SSSR count). The van der Waals surface area contributed by atoms with Crippen LogP contribution in [0.4, 0.5) is 0 Å². The van der Waals surface area contributed by atoms with Crippen LogP contribution < -0.4 is 9.47 Å². The van der Waals surface area contributed by atoms with Gasteiger partial charge in [0, 0.05) is 29.2 Å². The molecule has 2 heterocycles. The summed E-state index contributed by atoms with van der Waals surface area (Å²) in [7, 11) is 1.29. The zero-order chi connectivity index (χ0) is 32.9. The number of phenols is 1. The highest BCUT2D eigenvalue weighted by Crippen LogP contribution is 2.42. The van der Waals surface area contributed by atoms with Crippen molar-refractivity contribution in [3.8, 4) is 17.2 Å². The summed E-state index contributed by atoms with van der Waals surface area (Å²) in [5.41, 5.74) is 0.112. The quantitative estimate of drug-likeness (QED) is 0.173. The number of carbonyl (C=O) groups is 3. The molecule has 0 saturated carbocycles. The van der Waals surface area contributed by atoms with Crippen molar-refractivity contribution in [3.63, 3.8) is 0 Å². The molecule has 0 bridgehead atoms. The van der Waals surface area contributed by atoms with E-state index in [-0.39, 0.29) is 45.1 Å². The molecule has 15 heteroatoms. The second kappa shape index (κ2) is 12.6. The molecule has 45 heavy (non-hydrogen) atoms. The Bertz CT molecular complexity index is 1490. The minimum atomic E-state index is -1.81. The first kappa shape index (κ1) is 32.7. The van der Waals surface area contributed by atoms with Crippen molar-refractivity contribution < 1.29 is 73.4 Å².